The highest BCUT2D eigenvalue weighted by atomic mass is 16.5. The Kier molecular flexibility index (Phi) is 2.98. The largest absolute Gasteiger partial charge is 0.496 e. The lowest BCUT2D eigenvalue weighted by Gasteiger charge is -2.48. The van der Waals surface area contributed by atoms with E-state index < -0.39 is 11.7 Å². The van der Waals surface area contributed by atoms with E-state index in [2.05, 4.69) is 0 Å². The Hall–Kier alpha value is -1.32. The van der Waals surface area contributed by atoms with Gasteiger partial charge in [0.2, 0.25) is 0 Å². The molecule has 0 aromatic heterocycles. The molecule has 1 aromatic rings. The van der Waals surface area contributed by atoms with Crippen LogP contribution in [0.5, 0.6) is 5.75 Å². The van der Waals surface area contributed by atoms with Crippen molar-refractivity contribution in [1.82, 2.24) is 0 Å². The second kappa shape index (κ2) is 4.17. The fourth-order valence-electron chi connectivity index (χ4n) is 2.62. The number of hydrogen-bond donors (Lipinski definition) is 1. The number of methoxy groups -OCH3 is 2. The predicted octanol–water partition coefficient (Wildman–Crippen LogP) is 2.55. The zero-order valence-corrected chi connectivity index (χ0v) is 10.7. The highest BCUT2D eigenvalue weighted by Gasteiger charge is 2.54. The van der Waals surface area contributed by atoms with Gasteiger partial charge in [0.25, 0.3) is 0 Å². The molecule has 0 spiro atoms. The van der Waals surface area contributed by atoms with E-state index in [1.54, 1.807) is 14.2 Å². The molecule has 0 amide bonds. The molecular formula is C14H18O3. The van der Waals surface area contributed by atoms with Gasteiger partial charge in [-0.3, -0.25) is 0 Å². The maximum absolute atomic E-state index is 10.3. The van der Waals surface area contributed by atoms with Crippen molar-refractivity contribution >= 4 is 0 Å². The molecule has 1 aliphatic rings. The van der Waals surface area contributed by atoms with E-state index in [1.165, 1.54) is 0 Å². The van der Waals surface area contributed by atoms with E-state index in [0.29, 0.717) is 0 Å². The molecule has 0 heterocycles. The first-order valence-electron chi connectivity index (χ1n) is 5.67. The van der Waals surface area contributed by atoms with E-state index in [0.717, 1.165) is 22.4 Å². The molecule has 1 N–H and O–H groups in total. The van der Waals surface area contributed by atoms with Crippen LogP contribution < -0.4 is 4.74 Å². The molecule has 1 aliphatic carbocycles. The molecule has 0 unspecified atom stereocenters. The topological polar surface area (TPSA) is 38.7 Å². The van der Waals surface area contributed by atoms with Gasteiger partial charge in [-0.1, -0.05) is 18.2 Å². The number of ether oxygens (including phenoxy) is 2. The van der Waals surface area contributed by atoms with E-state index in [-0.39, 0.29) is 0 Å². The van der Waals surface area contributed by atoms with Crippen LogP contribution in [0.4, 0.5) is 0 Å². The predicted molar refractivity (Wildman–Crippen MR) is 66.1 cm³/mol. The average Bonchev–Trinajstić information content (AvgIpc) is 2.38. The molecule has 0 saturated heterocycles. The van der Waals surface area contributed by atoms with Crippen LogP contribution in [0.2, 0.25) is 0 Å². The Balaban J connectivity index is 2.65. The van der Waals surface area contributed by atoms with Crippen molar-refractivity contribution in [2.45, 2.75) is 25.6 Å². The number of allylic oxidation sites excluding steroid dienone is 1. The minimum atomic E-state index is -0.753. The Morgan fingerprint density at radius 2 is 2.12 bits per heavy atom. The molecular weight excluding hydrogens is 216 g/mol. The molecule has 3 nitrogen and oxygen atoms in total. The van der Waals surface area contributed by atoms with Gasteiger partial charge in [-0.05, 0) is 31.1 Å². The summed E-state index contributed by atoms with van der Waals surface area (Å²) in [5, 5.41) is 10.3. The Bertz CT molecular complexity index is 450. The number of aliphatic hydroxyl groups is 1. The molecule has 3 heteroatoms. The van der Waals surface area contributed by atoms with Crippen molar-refractivity contribution in [2.24, 2.45) is 0 Å². The van der Waals surface area contributed by atoms with E-state index in [1.807, 2.05) is 38.1 Å². The van der Waals surface area contributed by atoms with Crippen LogP contribution in [0, 0.1) is 0 Å². The van der Waals surface area contributed by atoms with Crippen LogP contribution in [-0.4, -0.2) is 19.3 Å². The van der Waals surface area contributed by atoms with Gasteiger partial charge < -0.3 is 14.6 Å². The minimum Gasteiger partial charge on any atom is -0.496 e. The summed E-state index contributed by atoms with van der Waals surface area (Å²) in [6.07, 6.45) is 1.33. The van der Waals surface area contributed by atoms with Crippen molar-refractivity contribution in [3.8, 4) is 5.75 Å². The summed E-state index contributed by atoms with van der Waals surface area (Å²) in [6, 6.07) is 5.68. The van der Waals surface area contributed by atoms with Gasteiger partial charge in [0.05, 0.1) is 7.11 Å². The highest BCUT2D eigenvalue weighted by Crippen LogP contribution is 2.58. The molecule has 2 atom stereocenters. The van der Waals surface area contributed by atoms with Gasteiger partial charge in [-0.25, -0.2) is 0 Å². The number of rotatable bonds is 3. The molecule has 0 aliphatic heterocycles. The summed E-state index contributed by atoms with van der Waals surface area (Å²) in [5.41, 5.74) is 2.06. The van der Waals surface area contributed by atoms with Crippen LogP contribution in [0.15, 0.2) is 29.8 Å². The summed E-state index contributed by atoms with van der Waals surface area (Å²) in [6.45, 7) is 3.90. The Morgan fingerprint density at radius 3 is 2.65 bits per heavy atom. The van der Waals surface area contributed by atoms with Gasteiger partial charge in [-0.15, -0.1) is 0 Å². The zero-order chi connectivity index (χ0) is 12.6. The standard InChI is InChI=1S/C14H18O3/c1-5-9(2)14(17-4)12-10(13(14)15)7-6-8-11(12)16-3/h5-8,13,15H,1-4H3/b9-5+/t13-,14+/m0/s1. The van der Waals surface area contributed by atoms with Crippen molar-refractivity contribution in [3.05, 3.63) is 41.0 Å². The minimum absolute atomic E-state index is 0.631. The number of aliphatic hydroxyl groups excluding tert-OH is 1. The van der Waals surface area contributed by atoms with Crippen LogP contribution in [-0.2, 0) is 10.3 Å². The third-order valence-corrected chi connectivity index (χ3v) is 3.67. The number of hydrogen-bond acceptors (Lipinski definition) is 3. The fourth-order valence-corrected chi connectivity index (χ4v) is 2.62. The van der Waals surface area contributed by atoms with E-state index >= 15 is 0 Å². The monoisotopic (exact) mass is 234 g/mol. The average molecular weight is 234 g/mol. The zero-order valence-electron chi connectivity index (χ0n) is 10.7. The SMILES string of the molecule is C/C=C(\C)[C@@]1(OC)c2c(OC)cccc2[C@@H]1O. The normalized spacial score (nSPS) is 27.4. The molecule has 1 aromatic carbocycles. The second-order valence-corrected chi connectivity index (χ2v) is 4.24. The van der Waals surface area contributed by atoms with Gasteiger partial charge in [0.15, 0.2) is 0 Å². The molecule has 17 heavy (non-hydrogen) atoms. The Morgan fingerprint density at radius 1 is 1.41 bits per heavy atom. The first-order chi connectivity index (χ1) is 8.13. The molecule has 2 rings (SSSR count). The van der Waals surface area contributed by atoms with Crippen molar-refractivity contribution in [3.63, 3.8) is 0 Å². The summed E-state index contributed by atoms with van der Waals surface area (Å²) < 4.78 is 11.0. The Labute approximate surface area is 102 Å². The molecule has 0 saturated carbocycles. The number of benzene rings is 1. The molecule has 92 valence electrons. The van der Waals surface area contributed by atoms with Crippen LogP contribution in [0.3, 0.4) is 0 Å². The second-order valence-electron chi connectivity index (χ2n) is 4.24. The van der Waals surface area contributed by atoms with Gasteiger partial charge >= 0.3 is 0 Å². The van der Waals surface area contributed by atoms with Gasteiger partial charge in [0, 0.05) is 12.7 Å². The lowest BCUT2D eigenvalue weighted by atomic mass is 9.66. The van der Waals surface area contributed by atoms with Crippen molar-refractivity contribution in [1.29, 1.82) is 0 Å². The number of fused-ring (bicyclic) bond motifs is 1. The van der Waals surface area contributed by atoms with Crippen molar-refractivity contribution < 1.29 is 14.6 Å². The summed E-state index contributed by atoms with van der Waals surface area (Å²) in [7, 11) is 3.25. The summed E-state index contributed by atoms with van der Waals surface area (Å²) in [4.78, 5) is 0. The first kappa shape index (κ1) is 12.1. The lowest BCUT2D eigenvalue weighted by molar-refractivity contribution is -0.113. The third-order valence-electron chi connectivity index (χ3n) is 3.67. The lowest BCUT2D eigenvalue weighted by Crippen LogP contribution is -2.46. The van der Waals surface area contributed by atoms with Gasteiger partial charge in [0.1, 0.15) is 17.5 Å². The highest BCUT2D eigenvalue weighted by molar-refractivity contribution is 5.58. The smallest absolute Gasteiger partial charge is 0.147 e. The quantitative estimate of drug-likeness (QED) is 0.817. The van der Waals surface area contributed by atoms with Crippen LogP contribution in [0.25, 0.3) is 0 Å². The van der Waals surface area contributed by atoms with Crippen molar-refractivity contribution in [2.75, 3.05) is 14.2 Å². The first-order valence-corrected chi connectivity index (χ1v) is 5.67. The third kappa shape index (κ3) is 1.36. The maximum atomic E-state index is 10.3. The molecule has 0 radical (unpaired) electrons. The molecule has 0 fully saturated rings. The van der Waals surface area contributed by atoms with Crippen LogP contribution >= 0.6 is 0 Å². The van der Waals surface area contributed by atoms with Gasteiger partial charge in [-0.2, -0.15) is 0 Å². The summed E-state index contributed by atoms with van der Waals surface area (Å²) >= 11 is 0. The maximum Gasteiger partial charge on any atom is 0.147 e. The fraction of sp³-hybridized carbons (Fsp3) is 0.429. The van der Waals surface area contributed by atoms with Crippen LogP contribution in [0.1, 0.15) is 31.1 Å². The molecule has 0 bridgehead atoms. The van der Waals surface area contributed by atoms with E-state index in [4.69, 9.17) is 9.47 Å². The van der Waals surface area contributed by atoms with E-state index in [9.17, 15) is 5.11 Å². The summed E-state index contributed by atoms with van der Waals surface area (Å²) in [5.74, 6) is 0.760.